The van der Waals surface area contributed by atoms with Crippen molar-refractivity contribution in [3.8, 4) is 0 Å². The molecular formula is C6H12N2O5. The molecule has 7 heteroatoms. The first-order valence-corrected chi connectivity index (χ1v) is 3.44. The molecule has 1 atom stereocenters. The lowest BCUT2D eigenvalue weighted by molar-refractivity contribution is -0.244. The summed E-state index contributed by atoms with van der Waals surface area (Å²) in [7, 11) is 2.55. The summed E-state index contributed by atoms with van der Waals surface area (Å²) in [5.41, 5.74) is 0. The monoisotopic (exact) mass is 192 g/mol. The smallest absolute Gasteiger partial charge is 0.424 e. The van der Waals surface area contributed by atoms with Crippen LogP contribution in [0.1, 0.15) is 0 Å². The summed E-state index contributed by atoms with van der Waals surface area (Å²) in [6.07, 6.45) is -1.06. The number of hydrazine groups is 1. The fourth-order valence-electron chi connectivity index (χ4n) is 0.737. The number of rotatable bonds is 5. The fourth-order valence-corrected chi connectivity index (χ4v) is 0.737. The van der Waals surface area contributed by atoms with E-state index in [0.29, 0.717) is 11.3 Å². The van der Waals surface area contributed by atoms with Gasteiger partial charge in [-0.05, 0) is 0 Å². The first-order valence-electron chi connectivity index (χ1n) is 3.44. The molecule has 0 heterocycles. The number of nitrogens with zero attached hydrogens (tertiary/aromatic N) is 2. The second kappa shape index (κ2) is 5.46. The Labute approximate surface area is 75.0 Å². The Morgan fingerprint density at radius 1 is 1.69 bits per heavy atom. The van der Waals surface area contributed by atoms with E-state index in [9.17, 15) is 9.59 Å². The molecule has 0 aliphatic carbocycles. The van der Waals surface area contributed by atoms with Crippen LogP contribution < -0.4 is 0 Å². The van der Waals surface area contributed by atoms with Crippen LogP contribution in [-0.4, -0.2) is 59.6 Å². The molecular weight excluding hydrogens is 180 g/mol. The molecule has 0 bridgehead atoms. The zero-order valence-corrected chi connectivity index (χ0v) is 7.38. The van der Waals surface area contributed by atoms with Gasteiger partial charge in [0.2, 0.25) is 0 Å². The van der Waals surface area contributed by atoms with Crippen LogP contribution in [0.3, 0.4) is 0 Å². The van der Waals surface area contributed by atoms with Crippen molar-refractivity contribution >= 4 is 12.4 Å². The number of carboxylic acid groups (broad SMARTS) is 1. The number of aldehydes is 1. The second-order valence-corrected chi connectivity index (χ2v) is 2.16. The third kappa shape index (κ3) is 2.98. The van der Waals surface area contributed by atoms with Crippen molar-refractivity contribution in [1.82, 2.24) is 10.2 Å². The highest BCUT2D eigenvalue weighted by molar-refractivity contribution is 5.71. The Balaban J connectivity index is 4.56. The standard InChI is InChI=1S/C6H12N2O5/c1-7(13-2)8(6(11)12)5(3-9)4-10/h3,5,10H,4H2,1-2H3,(H,11,12). The van der Waals surface area contributed by atoms with Crippen LogP contribution >= 0.6 is 0 Å². The zero-order valence-electron chi connectivity index (χ0n) is 7.38. The van der Waals surface area contributed by atoms with E-state index in [1.807, 2.05) is 0 Å². The number of aliphatic hydroxyl groups excluding tert-OH is 1. The number of carbonyl (C=O) groups is 2. The van der Waals surface area contributed by atoms with Gasteiger partial charge < -0.3 is 15.0 Å². The molecule has 0 aliphatic rings. The molecule has 0 radical (unpaired) electrons. The molecule has 2 N–H and O–H groups in total. The molecule has 0 aromatic heterocycles. The molecule has 0 saturated carbocycles. The predicted octanol–water partition coefficient (Wildman–Crippen LogP) is -1.07. The van der Waals surface area contributed by atoms with Crippen molar-refractivity contribution in [1.29, 1.82) is 0 Å². The number of amides is 1. The van der Waals surface area contributed by atoms with Crippen LogP contribution in [0.25, 0.3) is 0 Å². The SMILES string of the molecule is CON(C)N(C(=O)O)C(C=O)CO. The summed E-state index contributed by atoms with van der Waals surface area (Å²) in [4.78, 5) is 25.5. The van der Waals surface area contributed by atoms with Gasteiger partial charge in [0.25, 0.3) is 0 Å². The molecule has 0 spiro atoms. The fraction of sp³-hybridized carbons (Fsp3) is 0.667. The van der Waals surface area contributed by atoms with Gasteiger partial charge in [0, 0.05) is 7.05 Å². The Kier molecular flexibility index (Phi) is 4.97. The molecule has 0 aliphatic heterocycles. The Bertz CT molecular complexity index is 186. The van der Waals surface area contributed by atoms with Gasteiger partial charge in [-0.15, -0.1) is 0 Å². The van der Waals surface area contributed by atoms with Gasteiger partial charge in [-0.1, -0.05) is 5.17 Å². The van der Waals surface area contributed by atoms with E-state index in [4.69, 9.17) is 10.2 Å². The van der Waals surface area contributed by atoms with Crippen molar-refractivity contribution in [2.45, 2.75) is 6.04 Å². The number of aliphatic hydroxyl groups is 1. The Morgan fingerprint density at radius 2 is 2.23 bits per heavy atom. The third-order valence-electron chi connectivity index (χ3n) is 1.42. The summed E-state index contributed by atoms with van der Waals surface area (Å²) in [5.74, 6) is 0. The predicted molar refractivity (Wildman–Crippen MR) is 41.6 cm³/mol. The van der Waals surface area contributed by atoms with Gasteiger partial charge >= 0.3 is 6.09 Å². The molecule has 13 heavy (non-hydrogen) atoms. The number of carbonyl (C=O) groups excluding carboxylic acids is 1. The number of hydrogen-bond donors (Lipinski definition) is 2. The van der Waals surface area contributed by atoms with E-state index >= 15 is 0 Å². The van der Waals surface area contributed by atoms with Gasteiger partial charge in [0.05, 0.1) is 13.7 Å². The molecule has 1 unspecified atom stereocenters. The summed E-state index contributed by atoms with van der Waals surface area (Å²) < 4.78 is 0. The van der Waals surface area contributed by atoms with E-state index in [1.165, 1.54) is 14.2 Å². The minimum atomic E-state index is -1.38. The topological polar surface area (TPSA) is 90.3 Å². The largest absolute Gasteiger partial charge is 0.464 e. The normalized spacial score (nSPS) is 12.6. The van der Waals surface area contributed by atoms with Crippen molar-refractivity contribution < 1.29 is 24.6 Å². The lowest BCUT2D eigenvalue weighted by Gasteiger charge is -2.30. The maximum absolute atomic E-state index is 10.6. The summed E-state index contributed by atoms with van der Waals surface area (Å²) in [6, 6.07) is -1.15. The van der Waals surface area contributed by atoms with Crippen molar-refractivity contribution in [2.24, 2.45) is 0 Å². The Morgan fingerprint density at radius 3 is 2.46 bits per heavy atom. The molecule has 0 saturated heterocycles. The van der Waals surface area contributed by atoms with Gasteiger partial charge in [-0.2, -0.15) is 0 Å². The van der Waals surface area contributed by atoms with Crippen molar-refractivity contribution in [3.63, 3.8) is 0 Å². The quantitative estimate of drug-likeness (QED) is 0.426. The average molecular weight is 192 g/mol. The minimum Gasteiger partial charge on any atom is -0.464 e. The molecule has 0 aromatic carbocycles. The van der Waals surface area contributed by atoms with Crippen molar-refractivity contribution in [3.05, 3.63) is 0 Å². The molecule has 7 nitrogen and oxygen atoms in total. The maximum atomic E-state index is 10.6. The second-order valence-electron chi connectivity index (χ2n) is 2.16. The number of hydrogen-bond acceptors (Lipinski definition) is 5. The van der Waals surface area contributed by atoms with Gasteiger partial charge in [0.15, 0.2) is 0 Å². The van der Waals surface area contributed by atoms with Gasteiger partial charge in [0.1, 0.15) is 12.3 Å². The highest BCUT2D eigenvalue weighted by Crippen LogP contribution is 2.01. The first kappa shape index (κ1) is 11.8. The first-order chi connectivity index (χ1) is 6.08. The third-order valence-corrected chi connectivity index (χ3v) is 1.42. The van der Waals surface area contributed by atoms with E-state index in [-0.39, 0.29) is 0 Å². The number of hydroxylamine groups is 1. The Hall–Kier alpha value is -1.18. The maximum Gasteiger partial charge on any atom is 0.424 e. The van der Waals surface area contributed by atoms with Gasteiger partial charge in [-0.3, -0.25) is 4.84 Å². The molecule has 76 valence electrons. The van der Waals surface area contributed by atoms with Crippen LogP contribution in [0.5, 0.6) is 0 Å². The minimum absolute atomic E-state index is 0.323. The molecule has 1 amide bonds. The van der Waals surface area contributed by atoms with Crippen LogP contribution in [0.4, 0.5) is 4.79 Å². The van der Waals surface area contributed by atoms with Crippen molar-refractivity contribution in [2.75, 3.05) is 20.8 Å². The van der Waals surface area contributed by atoms with Crippen LogP contribution in [0.15, 0.2) is 0 Å². The van der Waals surface area contributed by atoms with Crippen LogP contribution in [0.2, 0.25) is 0 Å². The zero-order chi connectivity index (χ0) is 10.4. The summed E-state index contributed by atoms with van der Waals surface area (Å²) in [6.45, 7) is -0.594. The van der Waals surface area contributed by atoms with Crippen LogP contribution in [-0.2, 0) is 9.63 Å². The van der Waals surface area contributed by atoms with Crippen LogP contribution in [0, 0.1) is 0 Å². The van der Waals surface area contributed by atoms with E-state index < -0.39 is 18.7 Å². The molecule has 0 aromatic rings. The molecule has 0 rings (SSSR count). The summed E-state index contributed by atoms with van der Waals surface area (Å²) in [5, 5.41) is 18.7. The van der Waals surface area contributed by atoms with E-state index in [2.05, 4.69) is 4.84 Å². The van der Waals surface area contributed by atoms with Gasteiger partial charge in [-0.25, -0.2) is 9.80 Å². The highest BCUT2D eigenvalue weighted by atomic mass is 16.7. The lowest BCUT2D eigenvalue weighted by atomic mass is 10.3. The summed E-state index contributed by atoms with van der Waals surface area (Å²) >= 11 is 0. The van der Waals surface area contributed by atoms with E-state index in [1.54, 1.807) is 0 Å². The lowest BCUT2D eigenvalue weighted by Crippen LogP contribution is -2.51. The molecule has 0 fully saturated rings. The van der Waals surface area contributed by atoms with E-state index in [0.717, 1.165) is 5.17 Å². The average Bonchev–Trinajstić information content (AvgIpc) is 2.12. The highest BCUT2D eigenvalue weighted by Gasteiger charge is 2.26.